The van der Waals surface area contributed by atoms with Crippen molar-refractivity contribution in [2.24, 2.45) is 5.14 Å². The van der Waals surface area contributed by atoms with Gasteiger partial charge in [-0.1, -0.05) is 6.08 Å². The van der Waals surface area contributed by atoms with Crippen molar-refractivity contribution < 1.29 is 34.7 Å². The van der Waals surface area contributed by atoms with Gasteiger partial charge in [0, 0.05) is 19.3 Å². The van der Waals surface area contributed by atoms with Crippen molar-refractivity contribution in [3.05, 3.63) is 30.5 Å². The van der Waals surface area contributed by atoms with E-state index in [2.05, 4.69) is 21.6 Å². The second kappa shape index (κ2) is 9.65. The number of ether oxygens (including phenoxy) is 1. The van der Waals surface area contributed by atoms with Crippen molar-refractivity contribution in [3.8, 4) is 0 Å². The summed E-state index contributed by atoms with van der Waals surface area (Å²) in [7, 11) is -8.34. The number of sulfonamides is 2. The molecule has 0 aliphatic carbocycles. The van der Waals surface area contributed by atoms with Gasteiger partial charge in [0.15, 0.2) is 0 Å². The number of halogens is 3. The van der Waals surface area contributed by atoms with E-state index in [0.717, 1.165) is 0 Å². The number of rotatable bonds is 11. The Morgan fingerprint density at radius 1 is 1.36 bits per heavy atom. The molecule has 0 aliphatic rings. The van der Waals surface area contributed by atoms with Crippen LogP contribution in [0.4, 0.5) is 19.0 Å². The molecule has 14 heteroatoms. The minimum atomic E-state index is -4.82. The number of primary sulfonamides is 1. The molecule has 1 unspecified atom stereocenters. The maximum Gasteiger partial charge on any atom is 0.417 e. The minimum absolute atomic E-state index is 0.0388. The van der Waals surface area contributed by atoms with Crippen LogP contribution in [0.2, 0.25) is 0 Å². The van der Waals surface area contributed by atoms with Crippen LogP contribution in [0.15, 0.2) is 29.8 Å². The second-order valence-electron chi connectivity index (χ2n) is 5.61. The number of aromatic nitrogens is 1. The van der Waals surface area contributed by atoms with Gasteiger partial charge in [-0.25, -0.2) is 31.7 Å². The van der Waals surface area contributed by atoms with Crippen molar-refractivity contribution in [1.82, 2.24) is 9.71 Å². The monoisotopic (exact) mass is 446 g/mol. The highest BCUT2D eigenvalue weighted by Gasteiger charge is 2.34. The van der Waals surface area contributed by atoms with Crippen LogP contribution in [0.25, 0.3) is 0 Å². The van der Waals surface area contributed by atoms with Crippen molar-refractivity contribution in [2.75, 3.05) is 31.6 Å². The highest BCUT2D eigenvalue weighted by molar-refractivity contribution is 7.90. The molecule has 28 heavy (non-hydrogen) atoms. The topological polar surface area (TPSA) is 140 Å². The Kier molecular flexibility index (Phi) is 8.37. The molecule has 0 fully saturated rings. The first-order valence-corrected chi connectivity index (χ1v) is 10.9. The predicted octanol–water partition coefficient (Wildman–Crippen LogP) is 0.670. The fourth-order valence-corrected chi connectivity index (χ4v) is 3.27. The van der Waals surface area contributed by atoms with Crippen LogP contribution in [-0.2, 0) is 31.0 Å². The van der Waals surface area contributed by atoms with Crippen LogP contribution in [0.1, 0.15) is 12.5 Å². The fourth-order valence-electron chi connectivity index (χ4n) is 1.79. The Bertz CT molecular complexity index is 889. The van der Waals surface area contributed by atoms with Crippen LogP contribution >= 0.6 is 0 Å². The van der Waals surface area contributed by atoms with E-state index in [-0.39, 0.29) is 26.3 Å². The Morgan fingerprint density at radius 3 is 2.54 bits per heavy atom. The summed E-state index contributed by atoms with van der Waals surface area (Å²) in [5.74, 6) is -0.442. The number of nitrogens with zero attached hydrogens (tertiary/aromatic N) is 1. The lowest BCUT2D eigenvalue weighted by atomic mass is 10.3. The molecule has 0 amide bonds. The third-order valence-electron chi connectivity index (χ3n) is 3.36. The lowest BCUT2D eigenvalue weighted by Gasteiger charge is -2.16. The van der Waals surface area contributed by atoms with Crippen LogP contribution in [0.3, 0.4) is 0 Å². The molecule has 1 rings (SSSR count). The van der Waals surface area contributed by atoms with E-state index >= 15 is 0 Å². The van der Waals surface area contributed by atoms with E-state index in [0.29, 0.717) is 12.3 Å². The first kappa shape index (κ1) is 24.3. The highest BCUT2D eigenvalue weighted by atomic mass is 32.2. The molecule has 0 radical (unpaired) electrons. The largest absolute Gasteiger partial charge is 0.417 e. The van der Waals surface area contributed by atoms with Crippen molar-refractivity contribution in [1.29, 1.82) is 0 Å². The molecule has 0 aromatic carbocycles. The second-order valence-corrected chi connectivity index (χ2v) is 9.33. The van der Waals surface area contributed by atoms with Crippen molar-refractivity contribution in [3.63, 3.8) is 0 Å². The summed E-state index contributed by atoms with van der Waals surface area (Å²) in [5.41, 5.74) is -1.28. The molecule has 0 aliphatic heterocycles. The summed E-state index contributed by atoms with van der Waals surface area (Å²) in [6, 6.07) is 0.407. The lowest BCUT2D eigenvalue weighted by molar-refractivity contribution is -0.138. The molecule has 1 aromatic heterocycles. The zero-order valence-electron chi connectivity index (χ0n) is 14.9. The van der Waals surface area contributed by atoms with Gasteiger partial charge in [-0.15, -0.1) is 6.58 Å². The van der Waals surface area contributed by atoms with E-state index in [4.69, 9.17) is 9.88 Å². The summed E-state index contributed by atoms with van der Waals surface area (Å²) in [5, 5.41) is 6.25. The van der Waals surface area contributed by atoms with Gasteiger partial charge in [0.2, 0.25) is 20.0 Å². The molecule has 1 heterocycles. The maximum atomic E-state index is 12.9. The zero-order chi connectivity index (χ0) is 21.6. The number of pyridine rings is 1. The summed E-state index contributed by atoms with van der Waals surface area (Å²) in [6.45, 7) is 4.22. The van der Waals surface area contributed by atoms with Crippen LogP contribution < -0.4 is 15.2 Å². The molecule has 0 saturated carbocycles. The SMILES string of the molecule is C=CCOCCNS(=O)(=O)c1cc(C(F)(F)F)cnc1NCC(C)S(N)(=O)=O. The zero-order valence-corrected chi connectivity index (χ0v) is 16.5. The van der Waals surface area contributed by atoms with Crippen molar-refractivity contribution in [2.45, 2.75) is 23.2 Å². The minimum Gasteiger partial charge on any atom is -0.376 e. The molecule has 0 spiro atoms. The van der Waals surface area contributed by atoms with E-state index in [1.54, 1.807) is 0 Å². The van der Waals surface area contributed by atoms with Gasteiger partial charge < -0.3 is 10.1 Å². The molecule has 4 N–H and O–H groups in total. The molecule has 0 bridgehead atoms. The molecule has 9 nitrogen and oxygen atoms in total. The van der Waals surface area contributed by atoms with Crippen molar-refractivity contribution >= 4 is 25.9 Å². The predicted molar refractivity (Wildman–Crippen MR) is 96.5 cm³/mol. The third kappa shape index (κ3) is 7.35. The van der Waals surface area contributed by atoms with Gasteiger partial charge in [-0.05, 0) is 13.0 Å². The highest BCUT2D eigenvalue weighted by Crippen LogP contribution is 2.32. The van der Waals surface area contributed by atoms with Gasteiger partial charge in [0.25, 0.3) is 0 Å². The first-order valence-electron chi connectivity index (χ1n) is 7.80. The van der Waals surface area contributed by atoms with Gasteiger partial charge in [0.1, 0.15) is 10.7 Å². The maximum absolute atomic E-state index is 12.9. The first-order chi connectivity index (χ1) is 12.8. The summed E-state index contributed by atoms with van der Waals surface area (Å²) in [6.07, 6.45) is -2.94. The molecule has 1 atom stereocenters. The number of nitrogens with one attached hydrogen (secondary N) is 2. The number of hydrogen-bond donors (Lipinski definition) is 3. The van der Waals surface area contributed by atoms with E-state index in [9.17, 15) is 30.0 Å². The van der Waals surface area contributed by atoms with E-state index < -0.39 is 47.7 Å². The van der Waals surface area contributed by atoms with Gasteiger partial charge in [0.05, 0.1) is 24.0 Å². The number of anilines is 1. The van der Waals surface area contributed by atoms with Gasteiger partial charge in [-0.2, -0.15) is 13.2 Å². The average Bonchev–Trinajstić information content (AvgIpc) is 2.57. The molecular weight excluding hydrogens is 425 g/mol. The summed E-state index contributed by atoms with van der Waals surface area (Å²) >= 11 is 0. The van der Waals surface area contributed by atoms with Gasteiger partial charge in [-0.3, -0.25) is 0 Å². The normalized spacial score (nSPS) is 13.9. The van der Waals surface area contributed by atoms with Gasteiger partial charge >= 0.3 is 6.18 Å². The molecular formula is C14H21F3N4O5S2. The summed E-state index contributed by atoms with van der Waals surface area (Å²) in [4.78, 5) is 2.71. The Balaban J connectivity index is 3.14. The standard InChI is InChI=1S/C14H21F3N4O5S2/c1-3-5-26-6-4-21-28(24,25)12-7-11(14(15,16)17)9-20-13(12)19-8-10(2)27(18,22)23/h3,7,9-10,21H,1,4-6,8H2,2H3,(H,19,20)(H2,18,22,23). The Labute approximate surface area is 161 Å². The Hall–Kier alpha value is -1.74. The smallest absolute Gasteiger partial charge is 0.376 e. The van der Waals surface area contributed by atoms with E-state index in [1.807, 2.05) is 0 Å². The molecule has 160 valence electrons. The third-order valence-corrected chi connectivity index (χ3v) is 6.12. The van der Waals surface area contributed by atoms with Crippen LogP contribution in [-0.4, -0.2) is 53.4 Å². The average molecular weight is 446 g/mol. The number of nitrogens with two attached hydrogens (primary N) is 1. The molecule has 0 saturated heterocycles. The Morgan fingerprint density at radius 2 is 2.00 bits per heavy atom. The van der Waals surface area contributed by atoms with Crippen LogP contribution in [0.5, 0.6) is 0 Å². The van der Waals surface area contributed by atoms with Crippen LogP contribution in [0, 0.1) is 0 Å². The number of hydrogen-bond acceptors (Lipinski definition) is 7. The summed E-state index contributed by atoms with van der Waals surface area (Å²) < 4.78 is 93.3. The lowest BCUT2D eigenvalue weighted by Crippen LogP contribution is -2.33. The quantitative estimate of drug-likeness (QED) is 0.335. The molecule has 1 aromatic rings. The number of alkyl halides is 3. The fraction of sp³-hybridized carbons (Fsp3) is 0.500. The van der Waals surface area contributed by atoms with E-state index in [1.165, 1.54) is 13.0 Å².